The highest BCUT2D eigenvalue weighted by atomic mass is 35.5. The van der Waals surface area contributed by atoms with Crippen LogP contribution in [0.15, 0.2) is 36.4 Å². The van der Waals surface area contributed by atoms with E-state index in [1.165, 1.54) is 0 Å². The summed E-state index contributed by atoms with van der Waals surface area (Å²) < 4.78 is 0. The second kappa shape index (κ2) is 4.86. The Kier molecular flexibility index (Phi) is 3.46. The van der Waals surface area contributed by atoms with Crippen molar-refractivity contribution >= 4 is 40.3 Å². The van der Waals surface area contributed by atoms with Crippen LogP contribution in [-0.4, -0.2) is 0 Å². The first-order chi connectivity index (χ1) is 8.08. The molecule has 0 spiro atoms. The number of hydrogen-bond donors (Lipinski definition) is 2. The normalized spacial score (nSPS) is 10.3. The van der Waals surface area contributed by atoms with Gasteiger partial charge in [0, 0.05) is 16.4 Å². The Morgan fingerprint density at radius 1 is 1.06 bits per heavy atom. The van der Waals surface area contributed by atoms with Gasteiger partial charge in [0.15, 0.2) is 0 Å². The van der Waals surface area contributed by atoms with Crippen LogP contribution >= 0.6 is 23.2 Å². The van der Waals surface area contributed by atoms with Gasteiger partial charge in [-0.15, -0.1) is 0 Å². The lowest BCUT2D eigenvalue weighted by atomic mass is 10.1. The van der Waals surface area contributed by atoms with E-state index in [0.717, 1.165) is 22.6 Å². The number of rotatable bonds is 2. The highest BCUT2D eigenvalue weighted by molar-refractivity contribution is 6.35. The number of halogens is 2. The van der Waals surface area contributed by atoms with Gasteiger partial charge < -0.3 is 11.1 Å². The molecule has 3 N–H and O–H groups in total. The van der Waals surface area contributed by atoms with Crippen LogP contribution in [0.3, 0.4) is 0 Å². The quantitative estimate of drug-likeness (QED) is 0.778. The van der Waals surface area contributed by atoms with Crippen molar-refractivity contribution < 1.29 is 0 Å². The Hall–Kier alpha value is -1.38. The maximum atomic E-state index is 6.09. The fourth-order valence-corrected chi connectivity index (χ4v) is 1.86. The minimum atomic E-state index is 0.622. The van der Waals surface area contributed by atoms with Crippen LogP contribution in [-0.2, 0) is 0 Å². The van der Waals surface area contributed by atoms with E-state index in [1.807, 2.05) is 25.1 Å². The lowest BCUT2D eigenvalue weighted by Crippen LogP contribution is -1.97. The summed E-state index contributed by atoms with van der Waals surface area (Å²) in [7, 11) is 0. The molecule has 0 fully saturated rings. The molecule has 4 heteroatoms. The molecule has 2 aromatic rings. The number of nitrogens with two attached hydrogens (primary N) is 1. The Balaban J connectivity index is 2.38. The van der Waals surface area contributed by atoms with Gasteiger partial charge >= 0.3 is 0 Å². The second-order valence-electron chi connectivity index (χ2n) is 3.77. The minimum absolute atomic E-state index is 0.622. The molecule has 0 saturated heterocycles. The van der Waals surface area contributed by atoms with Gasteiger partial charge in [-0.05, 0) is 42.8 Å². The van der Waals surface area contributed by atoms with Crippen molar-refractivity contribution in [3.05, 3.63) is 52.0 Å². The molecule has 0 heterocycles. The molecule has 2 nitrogen and oxygen atoms in total. The fourth-order valence-electron chi connectivity index (χ4n) is 1.53. The molecule has 2 rings (SSSR count). The lowest BCUT2D eigenvalue weighted by Gasteiger charge is -2.12. The SMILES string of the molecule is Cc1c(N)cccc1Nc1cc(Cl)ccc1Cl. The topological polar surface area (TPSA) is 38.0 Å². The lowest BCUT2D eigenvalue weighted by molar-refractivity contribution is 1.43. The largest absolute Gasteiger partial charge is 0.398 e. The first-order valence-electron chi connectivity index (χ1n) is 5.15. The predicted molar refractivity (Wildman–Crippen MR) is 75.3 cm³/mol. The third-order valence-corrected chi connectivity index (χ3v) is 3.14. The molecular formula is C13H12Cl2N2. The van der Waals surface area contributed by atoms with E-state index in [2.05, 4.69) is 5.32 Å². The Morgan fingerprint density at radius 2 is 1.82 bits per heavy atom. The van der Waals surface area contributed by atoms with Crippen LogP contribution in [0, 0.1) is 6.92 Å². The Morgan fingerprint density at radius 3 is 2.59 bits per heavy atom. The molecule has 0 aliphatic rings. The molecule has 0 aliphatic heterocycles. The van der Waals surface area contributed by atoms with E-state index in [1.54, 1.807) is 18.2 Å². The highest BCUT2D eigenvalue weighted by Crippen LogP contribution is 2.30. The van der Waals surface area contributed by atoms with E-state index >= 15 is 0 Å². The molecule has 0 unspecified atom stereocenters. The predicted octanol–water partition coefficient (Wildman–Crippen LogP) is 4.63. The fraction of sp³-hybridized carbons (Fsp3) is 0.0769. The molecular weight excluding hydrogens is 255 g/mol. The summed E-state index contributed by atoms with van der Waals surface area (Å²) >= 11 is 12.0. The summed E-state index contributed by atoms with van der Waals surface area (Å²) in [4.78, 5) is 0. The molecule has 0 aliphatic carbocycles. The van der Waals surface area contributed by atoms with Gasteiger partial charge in [0.2, 0.25) is 0 Å². The van der Waals surface area contributed by atoms with Gasteiger partial charge in [0.1, 0.15) is 0 Å². The van der Waals surface area contributed by atoms with E-state index in [-0.39, 0.29) is 0 Å². The van der Waals surface area contributed by atoms with Crippen LogP contribution in [0.4, 0.5) is 17.1 Å². The van der Waals surface area contributed by atoms with Crippen LogP contribution in [0.5, 0.6) is 0 Å². The van der Waals surface area contributed by atoms with Crippen molar-refractivity contribution in [2.75, 3.05) is 11.1 Å². The molecule has 0 amide bonds. The Labute approximate surface area is 110 Å². The molecule has 2 aromatic carbocycles. The van der Waals surface area contributed by atoms with Gasteiger partial charge in [0.05, 0.1) is 10.7 Å². The number of benzene rings is 2. The molecule has 0 aromatic heterocycles. The Bertz CT molecular complexity index is 553. The molecule has 0 saturated carbocycles. The van der Waals surface area contributed by atoms with Crippen molar-refractivity contribution in [2.24, 2.45) is 0 Å². The minimum Gasteiger partial charge on any atom is -0.398 e. The van der Waals surface area contributed by atoms with Crippen molar-refractivity contribution in [1.82, 2.24) is 0 Å². The zero-order valence-electron chi connectivity index (χ0n) is 9.30. The summed E-state index contributed by atoms with van der Waals surface area (Å²) in [5, 5.41) is 4.48. The van der Waals surface area contributed by atoms with Crippen LogP contribution in [0.1, 0.15) is 5.56 Å². The molecule has 0 bridgehead atoms. The summed E-state index contributed by atoms with van der Waals surface area (Å²) in [6.07, 6.45) is 0. The number of nitrogens with one attached hydrogen (secondary N) is 1. The molecule has 88 valence electrons. The maximum Gasteiger partial charge on any atom is 0.0642 e. The van der Waals surface area contributed by atoms with Gasteiger partial charge in [-0.1, -0.05) is 29.3 Å². The number of hydrogen-bond acceptors (Lipinski definition) is 2. The third-order valence-electron chi connectivity index (χ3n) is 2.57. The summed E-state index contributed by atoms with van der Waals surface area (Å²) in [5.41, 5.74) is 9.27. The molecule has 17 heavy (non-hydrogen) atoms. The summed E-state index contributed by atoms with van der Waals surface area (Å²) in [6, 6.07) is 11.0. The summed E-state index contributed by atoms with van der Waals surface area (Å²) in [6.45, 7) is 1.95. The average Bonchev–Trinajstić information content (AvgIpc) is 2.30. The third kappa shape index (κ3) is 2.65. The van der Waals surface area contributed by atoms with Crippen molar-refractivity contribution in [3.63, 3.8) is 0 Å². The monoisotopic (exact) mass is 266 g/mol. The first kappa shape index (κ1) is 12.1. The molecule has 0 radical (unpaired) electrons. The van der Waals surface area contributed by atoms with Crippen molar-refractivity contribution in [3.8, 4) is 0 Å². The van der Waals surface area contributed by atoms with Crippen LogP contribution in [0.25, 0.3) is 0 Å². The van der Waals surface area contributed by atoms with Crippen molar-refractivity contribution in [2.45, 2.75) is 6.92 Å². The van der Waals surface area contributed by atoms with E-state index < -0.39 is 0 Å². The number of anilines is 3. The second-order valence-corrected chi connectivity index (χ2v) is 4.61. The number of nitrogen functional groups attached to an aromatic ring is 1. The van der Waals surface area contributed by atoms with Crippen LogP contribution < -0.4 is 11.1 Å². The highest BCUT2D eigenvalue weighted by Gasteiger charge is 2.05. The van der Waals surface area contributed by atoms with Crippen molar-refractivity contribution in [1.29, 1.82) is 0 Å². The molecule has 0 atom stereocenters. The van der Waals surface area contributed by atoms with E-state index in [9.17, 15) is 0 Å². The zero-order chi connectivity index (χ0) is 12.4. The van der Waals surface area contributed by atoms with Gasteiger partial charge in [-0.25, -0.2) is 0 Å². The standard InChI is InChI=1S/C13H12Cl2N2/c1-8-11(16)3-2-4-12(8)17-13-7-9(14)5-6-10(13)15/h2-7,17H,16H2,1H3. The zero-order valence-corrected chi connectivity index (χ0v) is 10.8. The van der Waals surface area contributed by atoms with E-state index in [0.29, 0.717) is 10.0 Å². The van der Waals surface area contributed by atoms with Gasteiger partial charge in [-0.3, -0.25) is 0 Å². The first-order valence-corrected chi connectivity index (χ1v) is 5.90. The average molecular weight is 267 g/mol. The van der Waals surface area contributed by atoms with Crippen LogP contribution in [0.2, 0.25) is 10.0 Å². The van der Waals surface area contributed by atoms with Gasteiger partial charge in [-0.2, -0.15) is 0 Å². The summed E-state index contributed by atoms with van der Waals surface area (Å²) in [5.74, 6) is 0. The smallest absolute Gasteiger partial charge is 0.0642 e. The van der Waals surface area contributed by atoms with E-state index in [4.69, 9.17) is 28.9 Å². The maximum absolute atomic E-state index is 6.09. The van der Waals surface area contributed by atoms with Gasteiger partial charge in [0.25, 0.3) is 0 Å².